The monoisotopic (exact) mass is 330 g/mol. The maximum absolute atomic E-state index is 12.8. The summed E-state index contributed by atoms with van der Waals surface area (Å²) in [5.74, 6) is 0.790. The van der Waals surface area contributed by atoms with Gasteiger partial charge in [0.05, 0.1) is 23.0 Å². The van der Waals surface area contributed by atoms with Gasteiger partial charge in [0.25, 0.3) is 5.91 Å². The molecule has 0 aliphatic carbocycles. The highest BCUT2D eigenvalue weighted by molar-refractivity contribution is 6.30. The highest BCUT2D eigenvalue weighted by Crippen LogP contribution is 2.26. The first-order valence-electron chi connectivity index (χ1n) is 7.38. The van der Waals surface area contributed by atoms with Gasteiger partial charge in [-0.25, -0.2) is 14.5 Å². The lowest BCUT2D eigenvalue weighted by molar-refractivity contribution is 0.0631. The zero-order chi connectivity index (χ0) is 16.1. The molecule has 3 aromatic heterocycles. The number of halogens is 1. The Balaban J connectivity index is 1.68. The van der Waals surface area contributed by atoms with Crippen LogP contribution in [-0.2, 0) is 6.54 Å². The molecule has 0 fully saturated rings. The first-order valence-corrected chi connectivity index (χ1v) is 7.76. The zero-order valence-corrected chi connectivity index (χ0v) is 13.5. The molecule has 7 nitrogen and oxygen atoms in total. The number of carbonyl (C=O) groups excluding carboxylic acids is 1. The van der Waals surface area contributed by atoms with Crippen LogP contribution in [0.1, 0.15) is 35.0 Å². The van der Waals surface area contributed by atoms with Gasteiger partial charge in [-0.05, 0) is 13.8 Å². The van der Waals surface area contributed by atoms with E-state index in [0.717, 1.165) is 18.1 Å². The third kappa shape index (κ3) is 2.28. The van der Waals surface area contributed by atoms with Crippen molar-refractivity contribution in [2.45, 2.75) is 26.4 Å². The van der Waals surface area contributed by atoms with Crippen molar-refractivity contribution in [2.24, 2.45) is 0 Å². The van der Waals surface area contributed by atoms with Crippen LogP contribution in [0.15, 0.2) is 24.7 Å². The van der Waals surface area contributed by atoms with E-state index in [2.05, 4.69) is 19.6 Å². The van der Waals surface area contributed by atoms with E-state index in [9.17, 15) is 4.79 Å². The second-order valence-electron chi connectivity index (χ2n) is 5.71. The van der Waals surface area contributed by atoms with Crippen LogP contribution in [0, 0.1) is 6.92 Å². The quantitative estimate of drug-likeness (QED) is 0.685. The first kappa shape index (κ1) is 14.2. The molecule has 1 aliphatic heterocycles. The van der Waals surface area contributed by atoms with Crippen molar-refractivity contribution in [3.63, 3.8) is 0 Å². The van der Waals surface area contributed by atoms with E-state index >= 15 is 0 Å². The second-order valence-corrected chi connectivity index (χ2v) is 6.15. The summed E-state index contributed by atoms with van der Waals surface area (Å²) in [6.07, 6.45) is 5.19. The van der Waals surface area contributed by atoms with E-state index in [4.69, 9.17) is 11.6 Å². The van der Waals surface area contributed by atoms with Gasteiger partial charge in [0, 0.05) is 31.5 Å². The van der Waals surface area contributed by atoms with Gasteiger partial charge < -0.3 is 9.47 Å². The maximum atomic E-state index is 12.8. The average molecular weight is 331 g/mol. The van der Waals surface area contributed by atoms with Crippen molar-refractivity contribution in [1.82, 2.24) is 29.0 Å². The van der Waals surface area contributed by atoms with Crippen molar-refractivity contribution >= 4 is 23.2 Å². The number of hydrogen-bond donors (Lipinski definition) is 0. The maximum Gasteiger partial charge on any atom is 0.275 e. The van der Waals surface area contributed by atoms with E-state index in [1.807, 2.05) is 20.0 Å². The van der Waals surface area contributed by atoms with E-state index < -0.39 is 0 Å². The Hall–Kier alpha value is -2.41. The van der Waals surface area contributed by atoms with Gasteiger partial charge in [-0.1, -0.05) is 11.6 Å². The van der Waals surface area contributed by atoms with Gasteiger partial charge in [0.1, 0.15) is 5.82 Å². The Morgan fingerprint density at radius 3 is 3.00 bits per heavy atom. The molecule has 0 saturated carbocycles. The van der Waals surface area contributed by atoms with Crippen molar-refractivity contribution in [1.29, 1.82) is 0 Å². The number of hydrogen-bond acceptors (Lipinski definition) is 4. The predicted molar refractivity (Wildman–Crippen MR) is 84.4 cm³/mol. The number of carbonyl (C=O) groups is 1. The summed E-state index contributed by atoms with van der Waals surface area (Å²) >= 11 is 5.91. The zero-order valence-electron chi connectivity index (χ0n) is 12.8. The van der Waals surface area contributed by atoms with Crippen LogP contribution in [0.4, 0.5) is 0 Å². The summed E-state index contributed by atoms with van der Waals surface area (Å²) in [6.45, 7) is 5.32. The fraction of sp³-hybridized carbons (Fsp3) is 0.333. The van der Waals surface area contributed by atoms with Crippen LogP contribution in [0.25, 0.3) is 5.65 Å². The molecule has 23 heavy (non-hydrogen) atoms. The molecule has 118 valence electrons. The van der Waals surface area contributed by atoms with Crippen LogP contribution in [0.2, 0.25) is 5.02 Å². The molecule has 1 atom stereocenters. The SMILES string of the molecule is Cc1cn2c(n1)C(C)N(C(=O)c1cc3ncc(Cl)cn3n1)CC2. The summed E-state index contributed by atoms with van der Waals surface area (Å²) in [6, 6.07) is 1.59. The minimum Gasteiger partial charge on any atom is -0.331 e. The fourth-order valence-electron chi connectivity index (χ4n) is 3.01. The molecule has 0 saturated heterocycles. The van der Waals surface area contributed by atoms with E-state index in [1.165, 1.54) is 10.7 Å². The molecule has 8 heteroatoms. The standard InChI is InChI=1S/C15H15ClN6O/c1-9-7-20-3-4-21(10(2)14(20)18-9)15(23)12-5-13-17-6-11(16)8-22(13)19-12/h5-8,10H,3-4H2,1-2H3. The van der Waals surface area contributed by atoms with Crippen LogP contribution < -0.4 is 0 Å². The highest BCUT2D eigenvalue weighted by atomic mass is 35.5. The summed E-state index contributed by atoms with van der Waals surface area (Å²) in [5.41, 5.74) is 1.93. The predicted octanol–water partition coefficient (Wildman–Crippen LogP) is 2.10. The van der Waals surface area contributed by atoms with E-state index in [0.29, 0.717) is 22.9 Å². The molecule has 1 amide bonds. The van der Waals surface area contributed by atoms with Gasteiger partial charge in [0.2, 0.25) is 0 Å². The first-order chi connectivity index (χ1) is 11.0. The lowest BCUT2D eigenvalue weighted by Gasteiger charge is -2.33. The summed E-state index contributed by atoms with van der Waals surface area (Å²) in [7, 11) is 0. The number of fused-ring (bicyclic) bond motifs is 2. The molecule has 0 aromatic carbocycles. The van der Waals surface area contributed by atoms with Gasteiger partial charge in [-0.15, -0.1) is 0 Å². The molecular formula is C15H15ClN6O. The Morgan fingerprint density at radius 2 is 2.17 bits per heavy atom. The second kappa shape index (κ2) is 5.06. The lowest BCUT2D eigenvalue weighted by Crippen LogP contribution is -2.41. The minimum atomic E-state index is -0.119. The topological polar surface area (TPSA) is 68.3 Å². The number of aromatic nitrogens is 5. The van der Waals surface area contributed by atoms with Crippen LogP contribution in [0.3, 0.4) is 0 Å². The third-order valence-electron chi connectivity index (χ3n) is 4.11. The van der Waals surface area contributed by atoms with Crippen LogP contribution in [-0.4, -0.2) is 41.5 Å². The van der Waals surface area contributed by atoms with Gasteiger partial charge in [-0.2, -0.15) is 5.10 Å². The number of nitrogens with zero attached hydrogens (tertiary/aromatic N) is 6. The van der Waals surface area contributed by atoms with Crippen molar-refractivity contribution in [3.05, 3.63) is 46.9 Å². The normalized spacial score (nSPS) is 17.5. The Bertz CT molecular complexity index is 914. The molecule has 0 spiro atoms. The van der Waals surface area contributed by atoms with Crippen molar-refractivity contribution in [2.75, 3.05) is 6.54 Å². The summed E-state index contributed by atoms with van der Waals surface area (Å²) < 4.78 is 3.63. The molecule has 0 N–H and O–H groups in total. The molecule has 1 aliphatic rings. The Labute approximate surface area is 137 Å². The van der Waals surface area contributed by atoms with Crippen LogP contribution >= 0.6 is 11.6 Å². The Morgan fingerprint density at radius 1 is 1.35 bits per heavy atom. The molecule has 1 unspecified atom stereocenters. The lowest BCUT2D eigenvalue weighted by atomic mass is 10.2. The molecule has 0 radical (unpaired) electrons. The molecule has 4 rings (SSSR count). The molecule has 4 heterocycles. The molecule has 0 bridgehead atoms. The summed E-state index contributed by atoms with van der Waals surface area (Å²) in [4.78, 5) is 23.3. The van der Waals surface area contributed by atoms with E-state index in [1.54, 1.807) is 17.2 Å². The van der Waals surface area contributed by atoms with Gasteiger partial charge in [-0.3, -0.25) is 4.79 Å². The minimum absolute atomic E-state index is 0.0914. The number of rotatable bonds is 1. The fourth-order valence-corrected chi connectivity index (χ4v) is 3.15. The summed E-state index contributed by atoms with van der Waals surface area (Å²) in [5, 5.41) is 4.77. The average Bonchev–Trinajstić information content (AvgIpc) is 3.09. The van der Waals surface area contributed by atoms with Gasteiger partial charge >= 0.3 is 0 Å². The van der Waals surface area contributed by atoms with Crippen molar-refractivity contribution in [3.8, 4) is 0 Å². The van der Waals surface area contributed by atoms with Gasteiger partial charge in [0.15, 0.2) is 11.3 Å². The number of imidazole rings is 1. The van der Waals surface area contributed by atoms with Crippen molar-refractivity contribution < 1.29 is 4.79 Å². The molecular weight excluding hydrogens is 316 g/mol. The van der Waals surface area contributed by atoms with Crippen LogP contribution in [0.5, 0.6) is 0 Å². The number of aryl methyl sites for hydroxylation is 1. The largest absolute Gasteiger partial charge is 0.331 e. The smallest absolute Gasteiger partial charge is 0.275 e. The third-order valence-corrected chi connectivity index (χ3v) is 4.31. The molecule has 3 aromatic rings. The Kier molecular flexibility index (Phi) is 3.12. The van der Waals surface area contributed by atoms with E-state index in [-0.39, 0.29) is 11.9 Å². The highest BCUT2D eigenvalue weighted by Gasteiger charge is 2.31. The number of amides is 1.